The lowest BCUT2D eigenvalue weighted by atomic mass is 9.82. The van der Waals surface area contributed by atoms with E-state index in [4.69, 9.17) is 19.9 Å². The molecule has 2 N–H and O–H groups in total. The fourth-order valence-electron chi connectivity index (χ4n) is 3.40. The molecular weight excluding hydrogens is 382 g/mol. The van der Waals surface area contributed by atoms with Gasteiger partial charge in [0.2, 0.25) is 5.91 Å². The van der Waals surface area contributed by atoms with Crippen LogP contribution in [-0.2, 0) is 14.3 Å². The Kier molecular flexibility index (Phi) is 5.51. The third kappa shape index (κ3) is 2.96. The molecule has 3 rings (SSSR count). The predicted molar refractivity (Wildman–Crippen MR) is 102 cm³/mol. The first-order chi connectivity index (χ1) is 13.5. The fraction of sp³-hybridized carbons (Fsp3) is 0.316. The number of esters is 1. The third-order valence-corrected chi connectivity index (χ3v) is 5.69. The van der Waals surface area contributed by atoms with Gasteiger partial charge in [0.25, 0.3) is 0 Å². The van der Waals surface area contributed by atoms with E-state index in [0.717, 1.165) is 0 Å². The number of nitrogens with two attached hydrogens (primary N) is 1. The van der Waals surface area contributed by atoms with Crippen molar-refractivity contribution < 1.29 is 23.8 Å². The quantitative estimate of drug-likeness (QED) is 0.760. The molecule has 9 heteroatoms. The number of hydrogen-bond donors (Lipinski definition) is 1. The van der Waals surface area contributed by atoms with Gasteiger partial charge in [0.1, 0.15) is 5.82 Å². The number of carbonyl (C=O) groups is 2. The molecule has 1 saturated heterocycles. The van der Waals surface area contributed by atoms with Crippen LogP contribution in [0.3, 0.4) is 0 Å². The molecule has 1 fully saturated rings. The number of ether oxygens (including phenoxy) is 3. The molecule has 0 spiro atoms. The van der Waals surface area contributed by atoms with Crippen molar-refractivity contribution in [1.29, 1.82) is 5.26 Å². The van der Waals surface area contributed by atoms with E-state index in [0.29, 0.717) is 27.8 Å². The Bertz CT molecular complexity index is 947. The van der Waals surface area contributed by atoms with Gasteiger partial charge in [0, 0.05) is 17.7 Å². The summed E-state index contributed by atoms with van der Waals surface area (Å²) in [6.45, 7) is 0. The van der Waals surface area contributed by atoms with Crippen LogP contribution in [0.5, 0.6) is 11.5 Å². The molecule has 0 bridgehead atoms. The summed E-state index contributed by atoms with van der Waals surface area (Å²) in [6.07, 6.45) is 0.259. The second-order valence-electron chi connectivity index (χ2n) is 5.96. The van der Waals surface area contributed by atoms with Gasteiger partial charge in [-0.3, -0.25) is 9.69 Å². The summed E-state index contributed by atoms with van der Waals surface area (Å²) in [6, 6.07) is 7.33. The van der Waals surface area contributed by atoms with Crippen LogP contribution >= 0.6 is 11.8 Å². The van der Waals surface area contributed by atoms with E-state index < -0.39 is 11.9 Å². The monoisotopic (exact) mass is 401 g/mol. The molecule has 0 radical (unpaired) electrons. The molecule has 8 nitrogen and oxygen atoms in total. The highest BCUT2D eigenvalue weighted by Crippen LogP contribution is 2.49. The number of carbonyl (C=O) groups excluding carboxylic acids is 2. The number of hydrogen-bond acceptors (Lipinski definition) is 8. The summed E-state index contributed by atoms with van der Waals surface area (Å²) < 4.78 is 15.8. The van der Waals surface area contributed by atoms with Gasteiger partial charge < -0.3 is 19.9 Å². The number of methoxy groups -OCH3 is 3. The van der Waals surface area contributed by atoms with Gasteiger partial charge in [0.15, 0.2) is 11.5 Å². The van der Waals surface area contributed by atoms with Gasteiger partial charge in [-0.25, -0.2) is 4.79 Å². The van der Waals surface area contributed by atoms with Crippen LogP contribution < -0.4 is 15.2 Å². The van der Waals surface area contributed by atoms with Crippen molar-refractivity contribution in [3.05, 3.63) is 45.8 Å². The molecule has 2 aliphatic heterocycles. The Balaban J connectivity index is 2.34. The largest absolute Gasteiger partial charge is 0.493 e. The normalized spacial score (nSPS) is 19.1. The molecule has 1 aromatic rings. The van der Waals surface area contributed by atoms with E-state index in [2.05, 4.69) is 6.07 Å². The number of nitrogens with zero attached hydrogens (tertiary/aromatic N) is 2. The van der Waals surface area contributed by atoms with Gasteiger partial charge in [-0.2, -0.15) is 5.26 Å². The number of benzene rings is 1. The van der Waals surface area contributed by atoms with Crippen molar-refractivity contribution in [2.75, 3.05) is 27.1 Å². The number of rotatable bonds is 4. The van der Waals surface area contributed by atoms with Gasteiger partial charge in [-0.15, -0.1) is 11.8 Å². The van der Waals surface area contributed by atoms with Gasteiger partial charge in [0.05, 0.1) is 49.5 Å². The maximum atomic E-state index is 12.6. The Labute approximate surface area is 166 Å². The van der Waals surface area contributed by atoms with E-state index in [1.807, 2.05) is 0 Å². The summed E-state index contributed by atoms with van der Waals surface area (Å²) in [5.41, 5.74) is 7.04. The molecule has 1 atom stereocenters. The predicted octanol–water partition coefficient (Wildman–Crippen LogP) is 1.84. The first-order valence-electron chi connectivity index (χ1n) is 8.38. The maximum Gasteiger partial charge on any atom is 0.338 e. The minimum absolute atomic E-state index is 0.0187. The highest BCUT2D eigenvalue weighted by atomic mass is 32.2. The number of para-hydroxylation sites is 1. The van der Waals surface area contributed by atoms with Crippen molar-refractivity contribution in [1.82, 2.24) is 4.90 Å². The highest BCUT2D eigenvalue weighted by Gasteiger charge is 2.44. The number of fused-ring (bicyclic) bond motifs is 1. The molecule has 2 heterocycles. The summed E-state index contributed by atoms with van der Waals surface area (Å²) in [4.78, 5) is 26.4. The zero-order valence-corrected chi connectivity index (χ0v) is 16.5. The summed E-state index contributed by atoms with van der Waals surface area (Å²) in [7, 11) is 4.19. The van der Waals surface area contributed by atoms with Crippen LogP contribution in [0.1, 0.15) is 17.9 Å². The first-order valence-corrected chi connectivity index (χ1v) is 9.37. The molecule has 28 heavy (non-hydrogen) atoms. The number of allylic oxidation sites excluding steroid dienone is 1. The van der Waals surface area contributed by atoms with Crippen LogP contribution in [0, 0.1) is 11.3 Å². The second-order valence-corrected chi connectivity index (χ2v) is 7.05. The smallest absolute Gasteiger partial charge is 0.338 e. The molecule has 1 amide bonds. The van der Waals surface area contributed by atoms with Crippen LogP contribution in [0.4, 0.5) is 0 Å². The standard InChI is InChI=1S/C19H19N3O5S/c1-25-12-6-4-5-10(16(12)26-2)14-11(9-20)18-22(13(23)7-8-28-18)17(21)15(14)19(24)27-3/h4-6,14H,7-8,21H2,1-3H3. The molecule has 2 aliphatic rings. The van der Waals surface area contributed by atoms with E-state index in [-0.39, 0.29) is 29.3 Å². The van der Waals surface area contributed by atoms with E-state index in [1.165, 1.54) is 38.0 Å². The average Bonchev–Trinajstić information content (AvgIpc) is 2.72. The molecule has 1 aromatic carbocycles. The van der Waals surface area contributed by atoms with Crippen molar-refractivity contribution in [2.24, 2.45) is 5.73 Å². The van der Waals surface area contributed by atoms with Gasteiger partial charge in [-0.05, 0) is 6.07 Å². The lowest BCUT2D eigenvalue weighted by Gasteiger charge is -2.37. The van der Waals surface area contributed by atoms with Crippen LogP contribution in [0.25, 0.3) is 0 Å². The van der Waals surface area contributed by atoms with Crippen molar-refractivity contribution in [3.8, 4) is 17.6 Å². The zero-order chi connectivity index (χ0) is 20.4. The second kappa shape index (κ2) is 7.86. The Morgan fingerprint density at radius 3 is 2.68 bits per heavy atom. The molecule has 146 valence electrons. The minimum Gasteiger partial charge on any atom is -0.493 e. The number of nitriles is 1. The lowest BCUT2D eigenvalue weighted by Crippen LogP contribution is -2.42. The van der Waals surface area contributed by atoms with E-state index >= 15 is 0 Å². The highest BCUT2D eigenvalue weighted by molar-refractivity contribution is 8.03. The fourth-order valence-corrected chi connectivity index (χ4v) is 4.52. The molecule has 0 aliphatic carbocycles. The van der Waals surface area contributed by atoms with E-state index in [9.17, 15) is 14.9 Å². The van der Waals surface area contributed by atoms with Crippen LogP contribution in [0.2, 0.25) is 0 Å². The van der Waals surface area contributed by atoms with Gasteiger partial charge in [-0.1, -0.05) is 12.1 Å². The van der Waals surface area contributed by atoms with Crippen molar-refractivity contribution >= 4 is 23.6 Å². The molecule has 0 saturated carbocycles. The summed E-state index contributed by atoms with van der Waals surface area (Å²) in [5.74, 6) is -0.532. The van der Waals surface area contributed by atoms with E-state index in [1.54, 1.807) is 18.2 Å². The number of thioether (sulfide) groups is 1. The molecular formula is C19H19N3O5S. The SMILES string of the molecule is COC(=O)C1=C(N)N2C(=O)CCSC2=C(C#N)C1c1cccc(OC)c1OC. The Hall–Kier alpha value is -3.12. The van der Waals surface area contributed by atoms with Crippen LogP contribution in [0.15, 0.2) is 40.2 Å². The third-order valence-electron chi connectivity index (χ3n) is 4.60. The number of amides is 1. The topological polar surface area (TPSA) is 115 Å². The lowest BCUT2D eigenvalue weighted by molar-refractivity contribution is -0.136. The van der Waals surface area contributed by atoms with Crippen molar-refractivity contribution in [3.63, 3.8) is 0 Å². The van der Waals surface area contributed by atoms with Gasteiger partial charge >= 0.3 is 5.97 Å². The Morgan fingerprint density at radius 2 is 2.07 bits per heavy atom. The maximum absolute atomic E-state index is 12.6. The first kappa shape index (κ1) is 19.6. The minimum atomic E-state index is -0.854. The Morgan fingerprint density at radius 1 is 1.32 bits per heavy atom. The molecule has 1 unspecified atom stereocenters. The average molecular weight is 401 g/mol. The van der Waals surface area contributed by atoms with Crippen molar-refractivity contribution in [2.45, 2.75) is 12.3 Å². The molecule has 0 aromatic heterocycles. The summed E-state index contributed by atoms with van der Waals surface area (Å²) in [5, 5.41) is 10.4. The van der Waals surface area contributed by atoms with Crippen LogP contribution in [-0.4, -0.2) is 43.9 Å². The summed E-state index contributed by atoms with van der Waals surface area (Å²) >= 11 is 1.35. The zero-order valence-electron chi connectivity index (χ0n) is 15.6.